The van der Waals surface area contributed by atoms with Crippen molar-refractivity contribution in [1.29, 1.82) is 0 Å². The molecule has 0 spiro atoms. The van der Waals surface area contributed by atoms with Crippen LogP contribution in [0.15, 0.2) is 57.9 Å². The predicted octanol–water partition coefficient (Wildman–Crippen LogP) is 4.58. The Morgan fingerprint density at radius 2 is 1.90 bits per heavy atom. The summed E-state index contributed by atoms with van der Waals surface area (Å²) in [5.74, 6) is 1.19. The first kappa shape index (κ1) is 15.9. The number of hydrogen-bond acceptors (Lipinski definition) is 3. The average molecular weight is 366 g/mol. The van der Waals surface area contributed by atoms with E-state index in [0.29, 0.717) is 12.4 Å². The number of nitrogens with one attached hydrogen (secondary N) is 1. The van der Waals surface area contributed by atoms with Gasteiger partial charge in [0.15, 0.2) is 0 Å². The van der Waals surface area contributed by atoms with E-state index in [1.807, 2.05) is 55.5 Å². The number of thioether (sulfide) groups is 1. The highest BCUT2D eigenvalue weighted by Crippen LogP contribution is 2.24. The molecule has 21 heavy (non-hydrogen) atoms. The highest BCUT2D eigenvalue weighted by Gasteiger charge is 2.06. The van der Waals surface area contributed by atoms with Gasteiger partial charge in [0.25, 0.3) is 0 Å². The van der Waals surface area contributed by atoms with Crippen molar-refractivity contribution in [2.24, 2.45) is 0 Å². The summed E-state index contributed by atoms with van der Waals surface area (Å²) < 4.78 is 6.26. The highest BCUT2D eigenvalue weighted by atomic mass is 79.9. The molecule has 0 saturated carbocycles. The minimum atomic E-state index is -0.0271. The monoisotopic (exact) mass is 365 g/mol. The fraction of sp³-hybridized carbons (Fsp3) is 0.188. The van der Waals surface area contributed by atoms with Crippen LogP contribution >= 0.6 is 27.7 Å². The number of rotatable bonds is 6. The number of halogens is 1. The van der Waals surface area contributed by atoms with Crippen LogP contribution in [0.2, 0.25) is 0 Å². The summed E-state index contributed by atoms with van der Waals surface area (Å²) in [5, 5.41) is 2.88. The molecule has 0 fully saturated rings. The number of anilines is 1. The van der Waals surface area contributed by atoms with Crippen LogP contribution in [0.1, 0.15) is 6.92 Å². The molecule has 0 aliphatic rings. The van der Waals surface area contributed by atoms with Gasteiger partial charge < -0.3 is 10.1 Å². The number of para-hydroxylation sites is 1. The smallest absolute Gasteiger partial charge is 0.234 e. The largest absolute Gasteiger partial charge is 0.494 e. The van der Waals surface area contributed by atoms with Crippen LogP contribution in [0, 0.1) is 0 Å². The van der Waals surface area contributed by atoms with Gasteiger partial charge in [0.2, 0.25) is 5.91 Å². The Balaban J connectivity index is 1.85. The summed E-state index contributed by atoms with van der Waals surface area (Å²) in [6, 6.07) is 15.3. The van der Waals surface area contributed by atoms with E-state index in [9.17, 15) is 4.79 Å². The Kier molecular flexibility index (Phi) is 6.14. The Morgan fingerprint density at radius 1 is 1.19 bits per heavy atom. The number of ether oxygens (including phenoxy) is 1. The Labute approximate surface area is 137 Å². The molecule has 0 radical (unpaired) electrons. The van der Waals surface area contributed by atoms with E-state index < -0.39 is 0 Å². The molecule has 110 valence electrons. The normalized spacial score (nSPS) is 10.2. The standard InChI is InChI=1S/C16H16BrNO2S/c1-2-20-12-7-9-13(10-8-12)21-11-16(19)18-15-6-4-3-5-14(15)17/h3-10H,2,11H2,1H3,(H,18,19). The molecular formula is C16H16BrNO2S. The summed E-state index contributed by atoms with van der Waals surface area (Å²) in [5.41, 5.74) is 0.787. The van der Waals surface area contributed by atoms with Gasteiger partial charge in [-0.05, 0) is 59.3 Å². The second kappa shape index (κ2) is 8.10. The number of carbonyl (C=O) groups excluding carboxylic acids is 1. The minimum Gasteiger partial charge on any atom is -0.494 e. The molecule has 0 saturated heterocycles. The van der Waals surface area contributed by atoms with Crippen molar-refractivity contribution in [3.05, 3.63) is 53.0 Å². The Morgan fingerprint density at radius 3 is 2.57 bits per heavy atom. The van der Waals surface area contributed by atoms with Crippen molar-refractivity contribution in [1.82, 2.24) is 0 Å². The highest BCUT2D eigenvalue weighted by molar-refractivity contribution is 9.10. The third kappa shape index (κ3) is 5.10. The quantitative estimate of drug-likeness (QED) is 0.761. The maximum Gasteiger partial charge on any atom is 0.234 e. The lowest BCUT2D eigenvalue weighted by Gasteiger charge is -2.07. The molecule has 0 aliphatic carbocycles. The first-order chi connectivity index (χ1) is 10.2. The van der Waals surface area contributed by atoms with Crippen LogP contribution < -0.4 is 10.1 Å². The summed E-state index contributed by atoms with van der Waals surface area (Å²) in [4.78, 5) is 13.0. The minimum absolute atomic E-state index is 0.0271. The van der Waals surface area contributed by atoms with E-state index in [4.69, 9.17) is 4.74 Å². The van der Waals surface area contributed by atoms with Crippen LogP contribution in [0.5, 0.6) is 5.75 Å². The average Bonchev–Trinajstić information content (AvgIpc) is 2.49. The molecule has 0 heterocycles. The van der Waals surface area contributed by atoms with Crippen molar-refractivity contribution >= 4 is 39.3 Å². The first-order valence-electron chi connectivity index (χ1n) is 6.59. The molecule has 0 bridgehead atoms. The van der Waals surface area contributed by atoms with E-state index in [2.05, 4.69) is 21.2 Å². The number of carbonyl (C=O) groups is 1. The second-order valence-electron chi connectivity index (χ2n) is 4.22. The van der Waals surface area contributed by atoms with Crippen molar-refractivity contribution in [2.45, 2.75) is 11.8 Å². The van der Waals surface area contributed by atoms with Crippen molar-refractivity contribution in [2.75, 3.05) is 17.7 Å². The molecule has 2 aromatic carbocycles. The zero-order valence-electron chi connectivity index (χ0n) is 11.6. The summed E-state index contributed by atoms with van der Waals surface area (Å²) in [6.45, 7) is 2.61. The molecule has 0 unspecified atom stereocenters. The fourth-order valence-corrected chi connectivity index (χ4v) is 2.78. The van der Waals surface area contributed by atoms with Crippen molar-refractivity contribution in [3.63, 3.8) is 0 Å². The van der Waals surface area contributed by atoms with Gasteiger partial charge in [0.05, 0.1) is 18.0 Å². The van der Waals surface area contributed by atoms with Crippen LogP contribution in [-0.2, 0) is 4.79 Å². The predicted molar refractivity (Wildman–Crippen MR) is 91.1 cm³/mol. The molecule has 1 N–H and O–H groups in total. The van der Waals surface area contributed by atoms with Gasteiger partial charge in [-0.2, -0.15) is 0 Å². The lowest BCUT2D eigenvalue weighted by Crippen LogP contribution is -2.14. The molecule has 0 atom stereocenters. The topological polar surface area (TPSA) is 38.3 Å². The van der Waals surface area contributed by atoms with E-state index in [1.165, 1.54) is 11.8 Å². The fourth-order valence-electron chi connectivity index (χ4n) is 1.70. The van der Waals surface area contributed by atoms with Gasteiger partial charge >= 0.3 is 0 Å². The molecular weight excluding hydrogens is 350 g/mol. The first-order valence-corrected chi connectivity index (χ1v) is 8.37. The molecule has 0 aromatic heterocycles. The summed E-state index contributed by atoms with van der Waals surface area (Å²) >= 11 is 4.91. The van der Waals surface area contributed by atoms with E-state index in [-0.39, 0.29) is 5.91 Å². The number of benzene rings is 2. The molecule has 5 heteroatoms. The van der Waals surface area contributed by atoms with E-state index in [0.717, 1.165) is 20.8 Å². The van der Waals surface area contributed by atoms with E-state index in [1.54, 1.807) is 0 Å². The zero-order valence-corrected chi connectivity index (χ0v) is 14.0. The van der Waals surface area contributed by atoms with Gasteiger partial charge in [-0.15, -0.1) is 11.8 Å². The molecule has 1 amide bonds. The maximum absolute atomic E-state index is 11.9. The Hall–Kier alpha value is -1.46. The van der Waals surface area contributed by atoms with Crippen molar-refractivity contribution < 1.29 is 9.53 Å². The van der Waals surface area contributed by atoms with Crippen molar-refractivity contribution in [3.8, 4) is 5.75 Å². The van der Waals surface area contributed by atoms with E-state index >= 15 is 0 Å². The number of hydrogen-bond donors (Lipinski definition) is 1. The lowest BCUT2D eigenvalue weighted by atomic mass is 10.3. The van der Waals surface area contributed by atoms with Crippen LogP contribution in [-0.4, -0.2) is 18.3 Å². The van der Waals surface area contributed by atoms with Gasteiger partial charge in [0, 0.05) is 9.37 Å². The van der Waals surface area contributed by atoms with Gasteiger partial charge in [0.1, 0.15) is 5.75 Å². The SMILES string of the molecule is CCOc1ccc(SCC(=O)Nc2ccccc2Br)cc1. The Bertz CT molecular complexity index is 601. The van der Waals surface area contributed by atoms with Crippen LogP contribution in [0.3, 0.4) is 0 Å². The summed E-state index contributed by atoms with van der Waals surface area (Å²) in [7, 11) is 0. The molecule has 2 aromatic rings. The van der Waals surface area contributed by atoms with Gasteiger partial charge in [-0.3, -0.25) is 4.79 Å². The molecule has 0 aliphatic heterocycles. The zero-order chi connectivity index (χ0) is 15.1. The maximum atomic E-state index is 11.9. The van der Waals surface area contributed by atoms with Gasteiger partial charge in [-0.25, -0.2) is 0 Å². The summed E-state index contributed by atoms with van der Waals surface area (Å²) in [6.07, 6.45) is 0. The van der Waals surface area contributed by atoms with Crippen LogP contribution in [0.25, 0.3) is 0 Å². The molecule has 2 rings (SSSR count). The number of amides is 1. The second-order valence-corrected chi connectivity index (χ2v) is 6.12. The molecule has 3 nitrogen and oxygen atoms in total. The van der Waals surface area contributed by atoms with Gasteiger partial charge in [-0.1, -0.05) is 12.1 Å². The third-order valence-electron chi connectivity index (χ3n) is 2.65. The third-order valence-corrected chi connectivity index (χ3v) is 4.36. The van der Waals surface area contributed by atoms with Crippen LogP contribution in [0.4, 0.5) is 5.69 Å². The lowest BCUT2D eigenvalue weighted by molar-refractivity contribution is -0.113.